The molecule has 1 aliphatic carbocycles. The van der Waals surface area contributed by atoms with E-state index in [-0.39, 0.29) is 0 Å². The van der Waals surface area contributed by atoms with E-state index in [2.05, 4.69) is 228 Å². The molecule has 0 fully saturated rings. The van der Waals surface area contributed by atoms with Crippen LogP contribution in [0.3, 0.4) is 0 Å². The molecule has 0 amide bonds. The Hall–Kier alpha value is -7.33. The van der Waals surface area contributed by atoms with Gasteiger partial charge < -0.3 is 9.47 Å². The lowest BCUT2D eigenvalue weighted by Crippen LogP contribution is -2.36. The van der Waals surface area contributed by atoms with Crippen LogP contribution in [-0.2, 0) is 5.41 Å². The number of aromatic nitrogens is 1. The van der Waals surface area contributed by atoms with Gasteiger partial charge in [-0.25, -0.2) is 0 Å². The summed E-state index contributed by atoms with van der Waals surface area (Å²) in [7, 11) is 0. The summed E-state index contributed by atoms with van der Waals surface area (Å²) in [5, 5.41) is 7.48. The molecule has 2 aliphatic rings. The lowest BCUT2D eigenvalue weighted by Gasteiger charge is -2.46. The van der Waals surface area contributed by atoms with E-state index in [9.17, 15) is 0 Å². The van der Waals surface area contributed by atoms with Gasteiger partial charge in [-0.05, 0) is 110 Å². The van der Waals surface area contributed by atoms with Crippen LogP contribution < -0.4 is 4.90 Å². The number of hydrogen-bond acceptors (Lipinski definition) is 2. The van der Waals surface area contributed by atoms with Crippen LogP contribution in [0.2, 0.25) is 0 Å². The Kier molecular flexibility index (Phi) is 7.19. The zero-order chi connectivity index (χ0) is 39.4. The summed E-state index contributed by atoms with van der Waals surface area (Å²) in [5.74, 6) is 0. The van der Waals surface area contributed by atoms with Gasteiger partial charge in [-0.3, -0.25) is 0 Å². The number of fused-ring (bicyclic) bond motifs is 12. The predicted molar refractivity (Wildman–Crippen MR) is 252 cm³/mol. The summed E-state index contributed by atoms with van der Waals surface area (Å²) in [4.78, 5) is 5.09. The lowest BCUT2D eigenvalue weighted by atomic mass is 9.59. The average Bonchev–Trinajstić information content (AvgIpc) is 3.64. The van der Waals surface area contributed by atoms with Crippen molar-refractivity contribution < 1.29 is 0 Å². The molecule has 0 bridgehead atoms. The number of rotatable bonds is 4. The summed E-state index contributed by atoms with van der Waals surface area (Å²) >= 11 is 1.89. The van der Waals surface area contributed by atoms with Crippen LogP contribution >= 0.6 is 11.8 Å². The average molecular weight is 781 g/mol. The van der Waals surface area contributed by atoms with Crippen molar-refractivity contribution in [3.63, 3.8) is 0 Å². The van der Waals surface area contributed by atoms with E-state index in [1.807, 2.05) is 11.8 Å². The largest absolute Gasteiger partial charge is 0.310 e. The minimum atomic E-state index is -0.489. The fourth-order valence-corrected chi connectivity index (χ4v) is 11.8. The van der Waals surface area contributed by atoms with Crippen molar-refractivity contribution in [2.24, 2.45) is 0 Å². The Morgan fingerprint density at radius 3 is 1.87 bits per heavy atom. The fraction of sp³-hybridized carbons (Fsp3) is 0.0175. The quantitative estimate of drug-likeness (QED) is 0.176. The van der Waals surface area contributed by atoms with Crippen molar-refractivity contribution >= 4 is 72.2 Å². The maximum atomic E-state index is 2.47. The highest BCUT2D eigenvalue weighted by molar-refractivity contribution is 7.99. The molecule has 10 aromatic carbocycles. The smallest absolute Gasteiger partial charge is 0.0735 e. The van der Waals surface area contributed by atoms with Crippen LogP contribution in [0.25, 0.3) is 60.2 Å². The Morgan fingerprint density at radius 1 is 0.383 bits per heavy atom. The second-order valence-electron chi connectivity index (χ2n) is 16.0. The summed E-state index contributed by atoms with van der Waals surface area (Å²) < 4.78 is 2.44. The summed E-state index contributed by atoms with van der Waals surface area (Å²) in [6.45, 7) is 0. The topological polar surface area (TPSA) is 8.17 Å². The Bertz CT molecular complexity index is 3500. The van der Waals surface area contributed by atoms with Crippen LogP contribution in [0.15, 0.2) is 228 Å². The van der Waals surface area contributed by atoms with Gasteiger partial charge in [0.1, 0.15) is 0 Å². The summed E-state index contributed by atoms with van der Waals surface area (Å²) in [6.07, 6.45) is 0. The SMILES string of the molecule is c1ccc(N(c2ccc3c4ccccc4n(-c4ccc5ccccc5c4)c3c2)c2ccc3c4c(cccc24)C2(c4ccccc4Sc4ccccc42)c2ccccc2-3)cc1. The molecule has 0 unspecified atom stereocenters. The molecule has 0 radical (unpaired) electrons. The normalized spacial score (nSPS) is 13.4. The monoisotopic (exact) mass is 780 g/mol. The third-order valence-corrected chi connectivity index (χ3v) is 14.2. The first-order valence-corrected chi connectivity index (χ1v) is 21.5. The van der Waals surface area contributed by atoms with Gasteiger partial charge in [0.2, 0.25) is 0 Å². The van der Waals surface area contributed by atoms with Crippen molar-refractivity contribution in [1.29, 1.82) is 0 Å². The van der Waals surface area contributed by atoms with E-state index in [0.29, 0.717) is 0 Å². The van der Waals surface area contributed by atoms with Crippen molar-refractivity contribution in [3.8, 4) is 16.8 Å². The molecule has 11 aromatic rings. The number of para-hydroxylation sites is 2. The van der Waals surface area contributed by atoms with Gasteiger partial charge in [-0.2, -0.15) is 0 Å². The highest BCUT2D eigenvalue weighted by atomic mass is 32.2. The first-order valence-electron chi connectivity index (χ1n) is 20.7. The first kappa shape index (κ1) is 33.6. The van der Waals surface area contributed by atoms with E-state index < -0.39 is 5.41 Å². The van der Waals surface area contributed by atoms with Gasteiger partial charge in [-0.15, -0.1) is 0 Å². The number of benzene rings is 10. The van der Waals surface area contributed by atoms with Crippen LogP contribution in [0, 0.1) is 0 Å². The van der Waals surface area contributed by atoms with Crippen LogP contribution in [0.1, 0.15) is 22.3 Å². The second kappa shape index (κ2) is 12.8. The van der Waals surface area contributed by atoms with Gasteiger partial charge in [0.25, 0.3) is 0 Å². The van der Waals surface area contributed by atoms with Crippen molar-refractivity contribution in [2.45, 2.75) is 15.2 Å². The van der Waals surface area contributed by atoms with Gasteiger partial charge >= 0.3 is 0 Å². The zero-order valence-electron chi connectivity index (χ0n) is 32.6. The van der Waals surface area contributed by atoms with E-state index >= 15 is 0 Å². The van der Waals surface area contributed by atoms with Gasteiger partial charge in [-0.1, -0.05) is 169 Å². The molecular formula is C57H36N2S. The zero-order valence-corrected chi connectivity index (χ0v) is 33.4. The number of anilines is 3. The molecule has 1 aliphatic heterocycles. The van der Waals surface area contributed by atoms with Crippen LogP contribution in [-0.4, -0.2) is 4.57 Å². The molecule has 3 heteroatoms. The van der Waals surface area contributed by atoms with Gasteiger partial charge in [0.05, 0.1) is 22.1 Å². The Morgan fingerprint density at radius 2 is 1.03 bits per heavy atom. The molecule has 2 nitrogen and oxygen atoms in total. The minimum absolute atomic E-state index is 0.489. The van der Waals surface area contributed by atoms with E-state index in [4.69, 9.17) is 0 Å². The molecule has 2 heterocycles. The molecule has 0 saturated carbocycles. The standard InChI is InChI=1S/C57H36N2S/c1-2-17-39(18-3-1)58(41-31-32-44-43-20-7-11-26-51(43)59(53(44)36-41)40-30-29-37-15-4-5-16-38(37)35-40)52-34-33-45-42-19-6-8-22-47(42)57(50-25-14-21-46(52)56(45)50)48-23-9-12-27-54(48)60-55-28-13-10-24-49(55)57/h1-36H. The van der Waals surface area contributed by atoms with E-state index in [1.165, 1.54) is 86.5 Å². The molecular weight excluding hydrogens is 745 g/mol. The van der Waals surface area contributed by atoms with Crippen LogP contribution in [0.4, 0.5) is 17.1 Å². The molecule has 60 heavy (non-hydrogen) atoms. The van der Waals surface area contributed by atoms with Gasteiger partial charge in [0.15, 0.2) is 0 Å². The summed E-state index contributed by atoms with van der Waals surface area (Å²) in [5.41, 5.74) is 14.3. The molecule has 13 rings (SSSR count). The summed E-state index contributed by atoms with van der Waals surface area (Å²) in [6, 6.07) is 81.2. The highest BCUT2D eigenvalue weighted by Crippen LogP contribution is 2.62. The van der Waals surface area contributed by atoms with Crippen molar-refractivity contribution in [1.82, 2.24) is 4.57 Å². The minimum Gasteiger partial charge on any atom is -0.310 e. The molecule has 1 aromatic heterocycles. The third-order valence-electron chi connectivity index (χ3n) is 13.0. The van der Waals surface area contributed by atoms with Crippen LogP contribution in [0.5, 0.6) is 0 Å². The fourth-order valence-electron chi connectivity index (χ4n) is 10.6. The molecule has 0 saturated heterocycles. The van der Waals surface area contributed by atoms with E-state index in [0.717, 1.165) is 22.7 Å². The Labute approximate surface area is 352 Å². The number of nitrogens with zero attached hydrogens (tertiary/aromatic N) is 2. The second-order valence-corrected chi connectivity index (χ2v) is 17.1. The third kappa shape index (κ3) is 4.61. The number of hydrogen-bond donors (Lipinski definition) is 0. The predicted octanol–water partition coefficient (Wildman–Crippen LogP) is 15.4. The molecule has 0 atom stereocenters. The first-order chi connectivity index (χ1) is 29.8. The maximum Gasteiger partial charge on any atom is 0.0735 e. The van der Waals surface area contributed by atoms with Gasteiger partial charge in [0, 0.05) is 43.0 Å². The molecule has 0 N–H and O–H groups in total. The highest BCUT2D eigenvalue weighted by Gasteiger charge is 2.48. The van der Waals surface area contributed by atoms with Crippen molar-refractivity contribution in [2.75, 3.05) is 4.90 Å². The lowest BCUT2D eigenvalue weighted by molar-refractivity contribution is 0.707. The molecule has 1 spiro atoms. The van der Waals surface area contributed by atoms with Crippen molar-refractivity contribution in [3.05, 3.63) is 241 Å². The maximum absolute atomic E-state index is 2.47. The molecule has 280 valence electrons. The Balaban J connectivity index is 1.10. The van der Waals surface area contributed by atoms with E-state index in [1.54, 1.807) is 0 Å².